The van der Waals surface area contributed by atoms with Crippen molar-refractivity contribution in [2.75, 3.05) is 18.7 Å². The van der Waals surface area contributed by atoms with Gasteiger partial charge in [-0.05, 0) is 18.2 Å². The Kier molecular flexibility index (Phi) is 3.73. The lowest BCUT2D eigenvalue weighted by Crippen LogP contribution is -2.11. The van der Waals surface area contributed by atoms with Crippen molar-refractivity contribution >= 4 is 22.4 Å². The maximum Gasteiger partial charge on any atom is 0.257 e. The largest absolute Gasteiger partial charge is 0.454 e. The van der Waals surface area contributed by atoms with Crippen LogP contribution < -0.4 is 20.5 Å². The first-order valence-electron chi connectivity index (χ1n) is 6.12. The third-order valence-corrected chi connectivity index (χ3v) is 3.50. The summed E-state index contributed by atoms with van der Waals surface area (Å²) in [5, 5.41) is 3.20. The predicted octanol–water partition coefficient (Wildman–Crippen LogP) is 1.43. The van der Waals surface area contributed by atoms with Crippen LogP contribution in [0.25, 0.3) is 0 Å². The van der Waals surface area contributed by atoms with Crippen molar-refractivity contribution in [2.45, 2.75) is 0 Å². The molecule has 2 heterocycles. The number of nitrogens with one attached hydrogen (secondary N) is 1. The topological polar surface area (TPSA) is 86.5 Å². The molecular formula is C14H11N3O3S. The number of hydrogen-bond donors (Lipinski definition) is 2. The molecule has 0 aliphatic carbocycles. The molecule has 106 valence electrons. The average Bonchev–Trinajstić information content (AvgIpc) is 3.12. The Labute approximate surface area is 124 Å². The number of ether oxygens (including phenoxy) is 2. The van der Waals surface area contributed by atoms with E-state index in [0.717, 1.165) is 4.88 Å². The summed E-state index contributed by atoms with van der Waals surface area (Å²) >= 11 is 1.29. The van der Waals surface area contributed by atoms with Crippen LogP contribution in [0.1, 0.15) is 15.2 Å². The Hall–Kier alpha value is -2.56. The highest BCUT2D eigenvalue weighted by Gasteiger charge is 2.16. The summed E-state index contributed by atoms with van der Waals surface area (Å²) in [4.78, 5) is 17.0. The van der Waals surface area contributed by atoms with E-state index >= 15 is 0 Å². The van der Waals surface area contributed by atoms with E-state index in [2.05, 4.69) is 22.1 Å². The first-order valence-corrected chi connectivity index (χ1v) is 6.93. The van der Waals surface area contributed by atoms with Gasteiger partial charge in [-0.3, -0.25) is 10.1 Å². The molecule has 0 radical (unpaired) electrons. The number of nitrogens with zero attached hydrogens (tertiary/aromatic N) is 1. The molecule has 1 aromatic carbocycles. The second-order valence-corrected chi connectivity index (χ2v) is 5.09. The lowest BCUT2D eigenvalue weighted by molar-refractivity contribution is 0.102. The van der Waals surface area contributed by atoms with Crippen LogP contribution >= 0.6 is 11.3 Å². The molecule has 7 heteroatoms. The van der Waals surface area contributed by atoms with Gasteiger partial charge in [0.25, 0.3) is 5.91 Å². The van der Waals surface area contributed by atoms with Crippen LogP contribution in [0.2, 0.25) is 0 Å². The van der Waals surface area contributed by atoms with Gasteiger partial charge in [0.05, 0.1) is 17.6 Å². The zero-order valence-electron chi connectivity index (χ0n) is 10.9. The van der Waals surface area contributed by atoms with Crippen molar-refractivity contribution in [1.29, 1.82) is 0 Å². The van der Waals surface area contributed by atoms with Crippen LogP contribution in [0.5, 0.6) is 11.5 Å². The Morgan fingerprint density at radius 1 is 1.43 bits per heavy atom. The molecule has 0 atom stereocenters. The van der Waals surface area contributed by atoms with Crippen LogP contribution in [0.15, 0.2) is 24.4 Å². The molecule has 0 fully saturated rings. The van der Waals surface area contributed by atoms with E-state index in [-0.39, 0.29) is 19.2 Å². The van der Waals surface area contributed by atoms with E-state index in [9.17, 15) is 4.79 Å². The lowest BCUT2D eigenvalue weighted by atomic mass is 10.2. The zero-order chi connectivity index (χ0) is 14.7. The molecule has 0 bridgehead atoms. The number of thiazole rings is 1. The van der Waals surface area contributed by atoms with E-state index in [1.54, 1.807) is 24.4 Å². The molecule has 0 saturated carbocycles. The number of fused-ring (bicyclic) bond motifs is 1. The highest BCUT2D eigenvalue weighted by molar-refractivity contribution is 7.16. The fourth-order valence-corrected chi connectivity index (χ4v) is 2.42. The Bertz CT molecular complexity index is 745. The van der Waals surface area contributed by atoms with Crippen LogP contribution in [-0.2, 0) is 0 Å². The van der Waals surface area contributed by atoms with Crippen LogP contribution in [0.3, 0.4) is 0 Å². The normalized spacial score (nSPS) is 11.7. The van der Waals surface area contributed by atoms with E-state index < -0.39 is 0 Å². The van der Waals surface area contributed by atoms with Crippen LogP contribution in [0, 0.1) is 11.8 Å². The van der Waals surface area contributed by atoms with Gasteiger partial charge in [0.2, 0.25) is 6.79 Å². The van der Waals surface area contributed by atoms with E-state index in [1.807, 2.05) is 0 Å². The molecule has 6 nitrogen and oxygen atoms in total. The number of nitrogens with two attached hydrogens (primary N) is 1. The quantitative estimate of drug-likeness (QED) is 0.820. The van der Waals surface area contributed by atoms with Gasteiger partial charge in [-0.1, -0.05) is 23.2 Å². The molecule has 1 aliphatic rings. The fourth-order valence-electron chi connectivity index (χ4n) is 1.73. The minimum absolute atomic E-state index is 0.177. The summed E-state index contributed by atoms with van der Waals surface area (Å²) in [5.74, 6) is 6.54. The van der Waals surface area contributed by atoms with Gasteiger partial charge in [-0.15, -0.1) is 0 Å². The number of benzene rings is 1. The second-order valence-electron chi connectivity index (χ2n) is 4.06. The third-order valence-electron chi connectivity index (χ3n) is 2.67. The number of amides is 1. The van der Waals surface area contributed by atoms with Crippen molar-refractivity contribution in [3.05, 3.63) is 34.8 Å². The van der Waals surface area contributed by atoms with Crippen molar-refractivity contribution < 1.29 is 14.3 Å². The van der Waals surface area contributed by atoms with Crippen molar-refractivity contribution in [3.63, 3.8) is 0 Å². The minimum atomic E-state index is -0.263. The van der Waals surface area contributed by atoms with Gasteiger partial charge in [-0.25, -0.2) is 4.98 Å². The van der Waals surface area contributed by atoms with Crippen molar-refractivity contribution in [1.82, 2.24) is 4.98 Å². The third kappa shape index (κ3) is 2.97. The fraction of sp³-hybridized carbons (Fsp3) is 0.143. The van der Waals surface area contributed by atoms with Crippen LogP contribution in [0.4, 0.5) is 5.13 Å². The molecule has 0 unspecified atom stereocenters. The van der Waals surface area contributed by atoms with Gasteiger partial charge >= 0.3 is 0 Å². The van der Waals surface area contributed by atoms with Gasteiger partial charge in [0, 0.05) is 5.56 Å². The van der Waals surface area contributed by atoms with Gasteiger partial charge in [-0.2, -0.15) is 0 Å². The van der Waals surface area contributed by atoms with E-state index in [4.69, 9.17) is 15.2 Å². The zero-order valence-corrected chi connectivity index (χ0v) is 11.7. The second kappa shape index (κ2) is 5.83. The Morgan fingerprint density at radius 3 is 3.14 bits per heavy atom. The summed E-state index contributed by atoms with van der Waals surface area (Å²) in [6.45, 7) is 0.465. The SMILES string of the molecule is NCC#Cc1cnc(NC(=O)c2ccc3c(c2)OCO3)s1. The molecule has 21 heavy (non-hydrogen) atoms. The molecule has 3 rings (SSSR count). The molecule has 1 aromatic heterocycles. The number of anilines is 1. The molecule has 0 saturated heterocycles. The monoisotopic (exact) mass is 301 g/mol. The molecular weight excluding hydrogens is 290 g/mol. The Morgan fingerprint density at radius 2 is 2.29 bits per heavy atom. The summed E-state index contributed by atoms with van der Waals surface area (Å²) < 4.78 is 10.4. The van der Waals surface area contributed by atoms with E-state index in [1.165, 1.54) is 11.3 Å². The highest BCUT2D eigenvalue weighted by Crippen LogP contribution is 2.32. The van der Waals surface area contributed by atoms with Crippen molar-refractivity contribution in [2.24, 2.45) is 5.73 Å². The Balaban J connectivity index is 1.72. The minimum Gasteiger partial charge on any atom is -0.454 e. The standard InChI is InChI=1S/C14H11N3O3S/c15-5-1-2-10-7-16-14(21-10)17-13(18)9-3-4-11-12(6-9)20-8-19-11/h3-4,6-7H,5,8,15H2,(H,16,17,18). The van der Waals surface area contributed by atoms with Crippen LogP contribution in [-0.4, -0.2) is 24.2 Å². The molecule has 0 spiro atoms. The summed E-state index contributed by atoms with van der Waals surface area (Å²) in [6, 6.07) is 5.02. The lowest BCUT2D eigenvalue weighted by Gasteiger charge is -2.02. The number of aromatic nitrogens is 1. The summed E-state index contributed by atoms with van der Waals surface area (Å²) in [5.41, 5.74) is 5.78. The average molecular weight is 301 g/mol. The first-order chi connectivity index (χ1) is 10.3. The summed E-state index contributed by atoms with van der Waals surface area (Å²) in [7, 11) is 0. The number of carbonyl (C=O) groups excluding carboxylic acids is 1. The smallest absolute Gasteiger partial charge is 0.257 e. The van der Waals surface area contributed by atoms with Crippen molar-refractivity contribution in [3.8, 4) is 23.3 Å². The predicted molar refractivity (Wildman–Crippen MR) is 78.6 cm³/mol. The summed E-state index contributed by atoms with van der Waals surface area (Å²) in [6.07, 6.45) is 1.60. The van der Waals surface area contributed by atoms with Gasteiger partial charge in [0.15, 0.2) is 16.6 Å². The maximum absolute atomic E-state index is 12.1. The number of hydrogen-bond acceptors (Lipinski definition) is 6. The van der Waals surface area contributed by atoms with Gasteiger partial charge < -0.3 is 15.2 Å². The van der Waals surface area contributed by atoms with E-state index in [0.29, 0.717) is 22.2 Å². The maximum atomic E-state index is 12.1. The molecule has 2 aromatic rings. The number of carbonyl (C=O) groups is 1. The first kappa shape index (κ1) is 13.4. The molecule has 3 N–H and O–H groups in total. The molecule has 1 amide bonds. The molecule has 1 aliphatic heterocycles. The highest BCUT2D eigenvalue weighted by atomic mass is 32.1. The van der Waals surface area contributed by atoms with Gasteiger partial charge in [0.1, 0.15) is 0 Å². The number of rotatable bonds is 2.